The monoisotopic (exact) mass is 257 g/mol. The van der Waals surface area contributed by atoms with Gasteiger partial charge in [0, 0.05) is 19.6 Å². The Balaban J connectivity index is 2.57. The predicted molar refractivity (Wildman–Crippen MR) is 68.2 cm³/mol. The molecule has 1 atom stereocenters. The molecule has 0 saturated carbocycles. The number of carbonyl (C=O) groups is 2. The highest BCUT2D eigenvalue weighted by atomic mass is 16.4. The highest BCUT2D eigenvalue weighted by molar-refractivity contribution is 5.78. The van der Waals surface area contributed by atoms with Crippen LogP contribution in [0.2, 0.25) is 0 Å². The topological polar surface area (TPSA) is 95.7 Å². The number of carbonyl (C=O) groups excluding carboxylic acids is 1. The van der Waals surface area contributed by atoms with E-state index >= 15 is 0 Å². The zero-order valence-electron chi connectivity index (χ0n) is 10.9. The fourth-order valence-corrected chi connectivity index (χ4v) is 2.33. The maximum Gasteiger partial charge on any atom is 0.317 e. The lowest BCUT2D eigenvalue weighted by Gasteiger charge is -2.39. The summed E-state index contributed by atoms with van der Waals surface area (Å²) in [5.74, 6) is -0.801. The summed E-state index contributed by atoms with van der Waals surface area (Å²) in [5.41, 5.74) is 4.58. The maximum atomic E-state index is 11.9. The van der Waals surface area contributed by atoms with Crippen molar-refractivity contribution >= 4 is 12.0 Å². The van der Waals surface area contributed by atoms with Crippen molar-refractivity contribution in [1.82, 2.24) is 10.2 Å². The summed E-state index contributed by atoms with van der Waals surface area (Å²) in [7, 11) is 0. The minimum absolute atomic E-state index is 0.178. The molecule has 1 unspecified atom stereocenters. The minimum Gasteiger partial charge on any atom is -0.481 e. The largest absolute Gasteiger partial charge is 0.481 e. The van der Waals surface area contributed by atoms with Gasteiger partial charge in [0.15, 0.2) is 0 Å². The Labute approximate surface area is 108 Å². The van der Waals surface area contributed by atoms with Gasteiger partial charge in [-0.3, -0.25) is 4.79 Å². The molecular formula is C12H23N3O3. The standard InChI is InChI=1S/C12H23N3O3/c1-2-12(10(16)17)5-3-8-15(9-12)11(18)14-7-4-6-13/h2-9,13H2,1H3,(H,14,18)(H,16,17). The second kappa shape index (κ2) is 6.58. The van der Waals surface area contributed by atoms with Crippen LogP contribution >= 0.6 is 0 Å². The Bertz CT molecular complexity index is 309. The summed E-state index contributed by atoms with van der Waals surface area (Å²) in [6, 6.07) is -0.178. The molecule has 2 amide bonds. The lowest BCUT2D eigenvalue weighted by atomic mass is 9.78. The van der Waals surface area contributed by atoms with Crippen molar-refractivity contribution in [3.8, 4) is 0 Å². The average Bonchev–Trinajstić information content (AvgIpc) is 2.38. The van der Waals surface area contributed by atoms with Gasteiger partial charge in [-0.05, 0) is 32.2 Å². The zero-order chi connectivity index (χ0) is 13.6. The molecule has 6 heteroatoms. The molecule has 18 heavy (non-hydrogen) atoms. The van der Waals surface area contributed by atoms with Gasteiger partial charge in [0.2, 0.25) is 0 Å². The summed E-state index contributed by atoms with van der Waals surface area (Å²) < 4.78 is 0. The van der Waals surface area contributed by atoms with Crippen LogP contribution in [-0.2, 0) is 4.79 Å². The number of urea groups is 1. The zero-order valence-corrected chi connectivity index (χ0v) is 10.9. The van der Waals surface area contributed by atoms with Crippen LogP contribution in [0.5, 0.6) is 0 Å². The molecule has 0 aliphatic carbocycles. The molecule has 0 aromatic heterocycles. The van der Waals surface area contributed by atoms with Gasteiger partial charge in [-0.15, -0.1) is 0 Å². The number of nitrogens with one attached hydrogen (secondary N) is 1. The van der Waals surface area contributed by atoms with E-state index in [1.165, 1.54) is 0 Å². The summed E-state index contributed by atoms with van der Waals surface area (Å²) >= 11 is 0. The number of hydrogen-bond donors (Lipinski definition) is 3. The first-order valence-electron chi connectivity index (χ1n) is 6.52. The Hall–Kier alpha value is -1.30. The summed E-state index contributed by atoms with van der Waals surface area (Å²) in [4.78, 5) is 24.9. The maximum absolute atomic E-state index is 11.9. The molecule has 0 bridgehead atoms. The van der Waals surface area contributed by atoms with Gasteiger partial charge >= 0.3 is 12.0 Å². The average molecular weight is 257 g/mol. The van der Waals surface area contributed by atoms with Gasteiger partial charge in [-0.1, -0.05) is 6.92 Å². The van der Waals surface area contributed by atoms with Gasteiger partial charge in [-0.25, -0.2) is 4.79 Å². The highest BCUT2D eigenvalue weighted by Gasteiger charge is 2.42. The van der Waals surface area contributed by atoms with Crippen LogP contribution in [0.15, 0.2) is 0 Å². The van der Waals surface area contributed by atoms with E-state index in [-0.39, 0.29) is 6.03 Å². The van der Waals surface area contributed by atoms with Crippen LogP contribution in [0.1, 0.15) is 32.6 Å². The molecule has 1 heterocycles. The molecule has 0 aromatic rings. The first-order valence-corrected chi connectivity index (χ1v) is 6.52. The van der Waals surface area contributed by atoms with E-state index in [4.69, 9.17) is 5.73 Å². The Morgan fingerprint density at radius 2 is 2.22 bits per heavy atom. The van der Waals surface area contributed by atoms with Crippen molar-refractivity contribution in [2.75, 3.05) is 26.2 Å². The summed E-state index contributed by atoms with van der Waals surface area (Å²) in [5, 5.41) is 12.1. The number of nitrogens with zero attached hydrogens (tertiary/aromatic N) is 1. The molecule has 0 spiro atoms. The Morgan fingerprint density at radius 3 is 2.78 bits per heavy atom. The molecular weight excluding hydrogens is 234 g/mol. The molecule has 1 aliphatic rings. The van der Waals surface area contributed by atoms with E-state index in [2.05, 4.69) is 5.32 Å². The number of rotatable bonds is 5. The number of carboxylic acid groups (broad SMARTS) is 1. The fourth-order valence-electron chi connectivity index (χ4n) is 2.33. The van der Waals surface area contributed by atoms with E-state index in [1.54, 1.807) is 4.90 Å². The second-order valence-electron chi connectivity index (χ2n) is 4.84. The lowest BCUT2D eigenvalue weighted by Crippen LogP contribution is -2.52. The quantitative estimate of drug-likeness (QED) is 0.629. The Morgan fingerprint density at radius 1 is 1.50 bits per heavy atom. The molecule has 1 rings (SSSR count). The molecule has 4 N–H and O–H groups in total. The number of likely N-dealkylation sites (tertiary alicyclic amines) is 1. The number of hydrogen-bond acceptors (Lipinski definition) is 3. The number of nitrogens with two attached hydrogens (primary N) is 1. The third kappa shape index (κ3) is 3.35. The minimum atomic E-state index is -0.801. The van der Waals surface area contributed by atoms with Crippen LogP contribution in [0.3, 0.4) is 0 Å². The number of piperidine rings is 1. The van der Waals surface area contributed by atoms with Crippen molar-refractivity contribution in [2.24, 2.45) is 11.1 Å². The molecule has 0 aromatic carbocycles. The smallest absolute Gasteiger partial charge is 0.317 e. The van der Waals surface area contributed by atoms with Gasteiger partial charge in [0.1, 0.15) is 0 Å². The third-order valence-electron chi connectivity index (χ3n) is 3.65. The van der Waals surface area contributed by atoms with Crippen molar-refractivity contribution in [3.63, 3.8) is 0 Å². The molecule has 1 aliphatic heterocycles. The van der Waals surface area contributed by atoms with Crippen LogP contribution in [0.25, 0.3) is 0 Å². The van der Waals surface area contributed by atoms with Crippen molar-refractivity contribution in [3.05, 3.63) is 0 Å². The van der Waals surface area contributed by atoms with Gasteiger partial charge in [0.25, 0.3) is 0 Å². The molecule has 104 valence electrons. The van der Waals surface area contributed by atoms with Crippen LogP contribution in [-0.4, -0.2) is 48.2 Å². The number of carboxylic acids is 1. The van der Waals surface area contributed by atoms with Crippen molar-refractivity contribution < 1.29 is 14.7 Å². The fraction of sp³-hybridized carbons (Fsp3) is 0.833. The summed E-state index contributed by atoms with van der Waals surface area (Å²) in [6.45, 7) is 3.87. The van der Waals surface area contributed by atoms with Crippen LogP contribution in [0, 0.1) is 5.41 Å². The Kier molecular flexibility index (Phi) is 5.40. The van der Waals surface area contributed by atoms with E-state index in [0.29, 0.717) is 39.0 Å². The molecule has 6 nitrogen and oxygen atoms in total. The summed E-state index contributed by atoms with van der Waals surface area (Å²) in [6.07, 6.45) is 2.67. The first kappa shape index (κ1) is 14.8. The van der Waals surface area contributed by atoms with E-state index in [9.17, 15) is 14.7 Å². The van der Waals surface area contributed by atoms with E-state index < -0.39 is 11.4 Å². The second-order valence-corrected chi connectivity index (χ2v) is 4.84. The van der Waals surface area contributed by atoms with Gasteiger partial charge in [0.05, 0.1) is 5.41 Å². The van der Waals surface area contributed by atoms with E-state index in [0.717, 1.165) is 12.8 Å². The third-order valence-corrected chi connectivity index (χ3v) is 3.65. The first-order chi connectivity index (χ1) is 8.55. The molecule has 1 fully saturated rings. The van der Waals surface area contributed by atoms with Gasteiger partial charge in [-0.2, -0.15) is 0 Å². The number of amides is 2. The van der Waals surface area contributed by atoms with Crippen LogP contribution in [0.4, 0.5) is 4.79 Å². The lowest BCUT2D eigenvalue weighted by molar-refractivity contribution is -0.152. The van der Waals surface area contributed by atoms with Crippen LogP contribution < -0.4 is 11.1 Å². The molecule has 0 radical (unpaired) electrons. The van der Waals surface area contributed by atoms with E-state index in [1.807, 2.05) is 6.92 Å². The van der Waals surface area contributed by atoms with Gasteiger partial charge < -0.3 is 21.1 Å². The number of aliphatic carboxylic acids is 1. The normalized spacial score (nSPS) is 23.8. The predicted octanol–water partition coefficient (Wildman–Crippen LogP) is 0.622. The SMILES string of the molecule is CCC1(C(=O)O)CCCN(C(=O)NCCCN)C1. The molecule has 1 saturated heterocycles. The van der Waals surface area contributed by atoms with Crippen molar-refractivity contribution in [2.45, 2.75) is 32.6 Å². The van der Waals surface area contributed by atoms with Crippen molar-refractivity contribution in [1.29, 1.82) is 0 Å². The highest BCUT2D eigenvalue weighted by Crippen LogP contribution is 2.33.